The lowest BCUT2D eigenvalue weighted by atomic mass is 9.86. The van der Waals surface area contributed by atoms with Crippen molar-refractivity contribution < 1.29 is 5.11 Å². The lowest BCUT2D eigenvalue weighted by molar-refractivity contribution is 0.477. The van der Waals surface area contributed by atoms with Crippen molar-refractivity contribution in [2.45, 2.75) is 0 Å². The maximum absolute atomic E-state index is 11.0. The van der Waals surface area contributed by atoms with Gasteiger partial charge in [-0.3, -0.25) is 0 Å². The molecule has 5 rings (SSSR count). The van der Waals surface area contributed by atoms with Crippen molar-refractivity contribution in [3.05, 3.63) is 127 Å². The molecule has 0 amide bonds. The summed E-state index contributed by atoms with van der Waals surface area (Å²) in [6.07, 6.45) is 0. The number of aromatic hydroxyl groups is 1. The third-order valence-electron chi connectivity index (χ3n) is 5.63. The summed E-state index contributed by atoms with van der Waals surface area (Å²) in [5, 5.41) is 11.0. The zero-order chi connectivity index (χ0) is 21.0. The molecule has 0 aliphatic rings. The minimum Gasteiger partial charge on any atom is -0.507 e. The molecular formula is C30H22O. The first-order valence-electron chi connectivity index (χ1n) is 10.4. The second kappa shape index (κ2) is 8.33. The summed E-state index contributed by atoms with van der Waals surface area (Å²) >= 11 is 0. The van der Waals surface area contributed by atoms with Crippen LogP contribution in [0.5, 0.6) is 5.75 Å². The summed E-state index contributed by atoms with van der Waals surface area (Å²) in [7, 11) is 0. The van der Waals surface area contributed by atoms with Crippen molar-refractivity contribution in [2.75, 3.05) is 0 Å². The van der Waals surface area contributed by atoms with Crippen LogP contribution < -0.4 is 0 Å². The smallest absolute Gasteiger partial charge is 0.124 e. The first-order chi connectivity index (χ1) is 15.3. The Balaban J connectivity index is 1.77. The molecule has 1 heteroatoms. The first-order valence-corrected chi connectivity index (χ1v) is 10.4. The monoisotopic (exact) mass is 398 g/mol. The average molecular weight is 399 g/mol. The van der Waals surface area contributed by atoms with E-state index in [1.165, 1.54) is 0 Å². The maximum Gasteiger partial charge on any atom is 0.124 e. The van der Waals surface area contributed by atoms with E-state index >= 15 is 0 Å². The fourth-order valence-electron chi connectivity index (χ4n) is 4.21. The molecule has 1 N–H and O–H groups in total. The summed E-state index contributed by atoms with van der Waals surface area (Å²) in [4.78, 5) is 0. The Morgan fingerprint density at radius 3 is 1.32 bits per heavy atom. The van der Waals surface area contributed by atoms with Gasteiger partial charge in [0.05, 0.1) is 0 Å². The first kappa shape index (κ1) is 18.9. The van der Waals surface area contributed by atoms with E-state index in [-0.39, 0.29) is 5.75 Å². The highest BCUT2D eigenvalue weighted by Crippen LogP contribution is 2.45. The molecule has 0 aromatic heterocycles. The highest BCUT2D eigenvalue weighted by Gasteiger charge is 2.18. The molecule has 0 radical (unpaired) electrons. The summed E-state index contributed by atoms with van der Waals surface area (Å²) < 4.78 is 0. The van der Waals surface area contributed by atoms with Gasteiger partial charge in [-0.2, -0.15) is 0 Å². The molecule has 0 unspecified atom stereocenters. The zero-order valence-corrected chi connectivity index (χ0v) is 17.1. The van der Waals surface area contributed by atoms with E-state index < -0.39 is 0 Å². The number of hydrogen-bond acceptors (Lipinski definition) is 1. The zero-order valence-electron chi connectivity index (χ0n) is 17.1. The van der Waals surface area contributed by atoms with Gasteiger partial charge in [-0.1, -0.05) is 121 Å². The summed E-state index contributed by atoms with van der Waals surface area (Å²) in [6.45, 7) is 0. The van der Waals surface area contributed by atoms with Crippen LogP contribution in [-0.4, -0.2) is 5.11 Å². The Labute approximate surface area is 182 Å². The van der Waals surface area contributed by atoms with E-state index in [2.05, 4.69) is 78.9 Å². The van der Waals surface area contributed by atoms with Gasteiger partial charge >= 0.3 is 0 Å². The Kier molecular flexibility index (Phi) is 5.08. The van der Waals surface area contributed by atoms with Crippen LogP contribution in [0.3, 0.4) is 0 Å². The van der Waals surface area contributed by atoms with Gasteiger partial charge in [-0.15, -0.1) is 0 Å². The van der Waals surface area contributed by atoms with E-state index in [1.54, 1.807) is 6.07 Å². The van der Waals surface area contributed by atoms with Crippen LogP contribution in [0.25, 0.3) is 44.5 Å². The van der Waals surface area contributed by atoms with Crippen LogP contribution in [0, 0.1) is 0 Å². The predicted octanol–water partition coefficient (Wildman–Crippen LogP) is 8.06. The van der Waals surface area contributed by atoms with Gasteiger partial charge in [-0.05, 0) is 45.0 Å². The Hall–Kier alpha value is -4.10. The molecule has 0 saturated heterocycles. The van der Waals surface area contributed by atoms with Gasteiger partial charge in [0.2, 0.25) is 0 Å². The number of rotatable bonds is 4. The van der Waals surface area contributed by atoms with Gasteiger partial charge in [0.1, 0.15) is 5.75 Å². The second-order valence-electron chi connectivity index (χ2n) is 7.52. The van der Waals surface area contributed by atoms with Crippen molar-refractivity contribution in [2.24, 2.45) is 0 Å². The van der Waals surface area contributed by atoms with Gasteiger partial charge < -0.3 is 5.11 Å². The van der Waals surface area contributed by atoms with E-state index in [0.29, 0.717) is 0 Å². The van der Waals surface area contributed by atoms with Crippen LogP contribution in [0.2, 0.25) is 0 Å². The minimum absolute atomic E-state index is 0.281. The second-order valence-corrected chi connectivity index (χ2v) is 7.52. The molecule has 0 heterocycles. The molecule has 5 aromatic rings. The Morgan fingerprint density at radius 2 is 0.742 bits per heavy atom. The number of phenolic OH excluding ortho intramolecular Hbond substituents is 1. The fraction of sp³-hybridized carbons (Fsp3) is 0. The molecule has 1 nitrogen and oxygen atoms in total. The Bertz CT molecular complexity index is 1320. The van der Waals surface area contributed by atoms with Crippen LogP contribution >= 0.6 is 0 Å². The van der Waals surface area contributed by atoms with Crippen LogP contribution in [0.15, 0.2) is 127 Å². The van der Waals surface area contributed by atoms with Gasteiger partial charge in [0.25, 0.3) is 0 Å². The normalized spacial score (nSPS) is 10.7. The van der Waals surface area contributed by atoms with Crippen LogP contribution in [-0.2, 0) is 0 Å². The minimum atomic E-state index is 0.281. The molecule has 5 aromatic carbocycles. The molecular weight excluding hydrogens is 376 g/mol. The lowest BCUT2D eigenvalue weighted by Gasteiger charge is -2.18. The molecule has 148 valence electrons. The summed E-state index contributed by atoms with van der Waals surface area (Å²) in [5.74, 6) is 0.281. The third-order valence-corrected chi connectivity index (χ3v) is 5.63. The number of hydrogen-bond donors (Lipinski definition) is 1. The molecule has 31 heavy (non-hydrogen) atoms. The summed E-state index contributed by atoms with van der Waals surface area (Å²) in [5.41, 5.74) is 8.52. The predicted molar refractivity (Wildman–Crippen MR) is 130 cm³/mol. The topological polar surface area (TPSA) is 20.2 Å². The SMILES string of the molecule is Oc1cccc(-c2ccccc2-c2ccccc2)c1-c1ccccc1-c1ccccc1. The van der Waals surface area contributed by atoms with Gasteiger partial charge in [-0.25, -0.2) is 0 Å². The summed E-state index contributed by atoms with van der Waals surface area (Å²) in [6, 6.07) is 43.2. The van der Waals surface area contributed by atoms with Gasteiger partial charge in [0.15, 0.2) is 0 Å². The van der Waals surface area contributed by atoms with Crippen molar-refractivity contribution in [3.8, 4) is 50.3 Å². The number of benzene rings is 5. The molecule has 0 aliphatic heterocycles. The van der Waals surface area contributed by atoms with Crippen LogP contribution in [0.1, 0.15) is 0 Å². The van der Waals surface area contributed by atoms with E-state index in [9.17, 15) is 5.11 Å². The fourth-order valence-corrected chi connectivity index (χ4v) is 4.21. The van der Waals surface area contributed by atoms with Crippen molar-refractivity contribution >= 4 is 0 Å². The highest BCUT2D eigenvalue weighted by atomic mass is 16.3. The maximum atomic E-state index is 11.0. The highest BCUT2D eigenvalue weighted by molar-refractivity contribution is 5.97. The molecule has 0 fully saturated rings. The largest absolute Gasteiger partial charge is 0.507 e. The molecule has 0 saturated carbocycles. The van der Waals surface area contributed by atoms with Crippen LogP contribution in [0.4, 0.5) is 0 Å². The molecule has 0 bridgehead atoms. The van der Waals surface area contributed by atoms with Crippen molar-refractivity contribution in [1.29, 1.82) is 0 Å². The van der Waals surface area contributed by atoms with E-state index in [0.717, 1.165) is 44.5 Å². The quantitative estimate of drug-likeness (QED) is 0.324. The number of phenols is 1. The molecule has 0 aliphatic carbocycles. The van der Waals surface area contributed by atoms with E-state index in [4.69, 9.17) is 0 Å². The van der Waals surface area contributed by atoms with Gasteiger partial charge in [0, 0.05) is 5.56 Å². The molecule has 0 atom stereocenters. The lowest BCUT2D eigenvalue weighted by Crippen LogP contribution is -1.92. The van der Waals surface area contributed by atoms with Crippen molar-refractivity contribution in [1.82, 2.24) is 0 Å². The Morgan fingerprint density at radius 1 is 0.323 bits per heavy atom. The third kappa shape index (κ3) is 3.62. The standard InChI is InChI=1S/C30H22O/c31-29-21-11-20-28(26-18-9-7-16-24(26)22-12-3-1-4-13-22)30(29)27-19-10-8-17-25(27)23-14-5-2-6-15-23/h1-21,31H. The van der Waals surface area contributed by atoms with Crippen molar-refractivity contribution in [3.63, 3.8) is 0 Å². The molecule has 0 spiro atoms. The van der Waals surface area contributed by atoms with E-state index in [1.807, 2.05) is 42.5 Å². The average Bonchev–Trinajstić information content (AvgIpc) is 2.85.